The van der Waals surface area contributed by atoms with E-state index in [1.54, 1.807) is 30.5 Å². The van der Waals surface area contributed by atoms with Gasteiger partial charge in [-0.2, -0.15) is 0 Å². The van der Waals surface area contributed by atoms with Gasteiger partial charge in [0.05, 0.1) is 6.20 Å². The molecule has 33 heavy (non-hydrogen) atoms. The van der Waals surface area contributed by atoms with Gasteiger partial charge in [-0.25, -0.2) is 13.8 Å². The summed E-state index contributed by atoms with van der Waals surface area (Å²) in [5, 5.41) is 2.86. The van der Waals surface area contributed by atoms with Crippen LogP contribution in [0.1, 0.15) is 23.4 Å². The van der Waals surface area contributed by atoms with Crippen LogP contribution in [0.25, 0.3) is 11.3 Å². The van der Waals surface area contributed by atoms with Crippen LogP contribution in [0.5, 0.6) is 5.75 Å². The number of ether oxygens (including phenoxy) is 1. The Labute approximate surface area is 190 Å². The van der Waals surface area contributed by atoms with Gasteiger partial charge >= 0.3 is 0 Å². The molecule has 3 aromatic carbocycles. The Bertz CT molecular complexity index is 1200. The van der Waals surface area contributed by atoms with E-state index in [1.807, 2.05) is 24.3 Å². The molecule has 1 heterocycles. The summed E-state index contributed by atoms with van der Waals surface area (Å²) in [6.07, 6.45) is 2.16. The Kier molecular flexibility index (Phi) is 7.09. The van der Waals surface area contributed by atoms with E-state index in [0.29, 0.717) is 30.4 Å². The molecule has 0 aliphatic heterocycles. The van der Waals surface area contributed by atoms with Crippen molar-refractivity contribution in [1.82, 2.24) is 10.3 Å². The summed E-state index contributed by atoms with van der Waals surface area (Å²) >= 11 is 0. The molecule has 0 radical (unpaired) electrons. The fraction of sp³-hybridized carbons (Fsp3) is 0.154. The van der Waals surface area contributed by atoms with Gasteiger partial charge in [-0.15, -0.1) is 0 Å². The molecule has 1 N–H and O–H groups in total. The second kappa shape index (κ2) is 10.5. The SMILES string of the molecule is O=C(CCc1ncc(-c2ccc(F)cc2)o1)NCc1ccc(OCc2cccc(F)c2)cc1. The van der Waals surface area contributed by atoms with E-state index in [0.717, 1.165) is 16.7 Å². The minimum Gasteiger partial charge on any atom is -0.489 e. The first-order valence-corrected chi connectivity index (χ1v) is 10.5. The van der Waals surface area contributed by atoms with Gasteiger partial charge in [-0.3, -0.25) is 4.79 Å². The highest BCUT2D eigenvalue weighted by molar-refractivity contribution is 5.76. The molecule has 0 atom stereocenters. The van der Waals surface area contributed by atoms with E-state index in [9.17, 15) is 13.6 Å². The van der Waals surface area contributed by atoms with Crippen LogP contribution in [0.15, 0.2) is 83.4 Å². The number of rotatable bonds is 9. The molecule has 0 unspecified atom stereocenters. The first-order valence-electron chi connectivity index (χ1n) is 10.5. The summed E-state index contributed by atoms with van der Waals surface area (Å²) in [6, 6.07) is 19.6. The topological polar surface area (TPSA) is 64.4 Å². The number of carbonyl (C=O) groups excluding carboxylic acids is 1. The summed E-state index contributed by atoms with van der Waals surface area (Å²) in [5.74, 6) is 0.909. The van der Waals surface area contributed by atoms with Gasteiger partial charge in [0.25, 0.3) is 0 Å². The molecule has 0 aliphatic rings. The maximum absolute atomic E-state index is 13.2. The first-order chi connectivity index (χ1) is 16.0. The van der Waals surface area contributed by atoms with E-state index in [1.165, 1.54) is 24.3 Å². The molecule has 0 saturated heterocycles. The predicted octanol–water partition coefficient (Wildman–Crippen LogP) is 5.45. The van der Waals surface area contributed by atoms with Crippen molar-refractivity contribution in [2.75, 3.05) is 0 Å². The van der Waals surface area contributed by atoms with Crippen LogP contribution in [0.2, 0.25) is 0 Å². The zero-order valence-corrected chi connectivity index (χ0v) is 17.8. The second-order valence-corrected chi connectivity index (χ2v) is 7.46. The summed E-state index contributed by atoms with van der Waals surface area (Å²) in [5.41, 5.74) is 2.40. The van der Waals surface area contributed by atoms with Crippen LogP contribution >= 0.6 is 0 Å². The molecule has 0 fully saturated rings. The predicted molar refractivity (Wildman–Crippen MR) is 119 cm³/mol. The molecule has 0 spiro atoms. The van der Waals surface area contributed by atoms with Gasteiger partial charge in [0.15, 0.2) is 11.7 Å². The molecular weight excluding hydrogens is 426 g/mol. The molecule has 4 rings (SSSR count). The molecule has 1 amide bonds. The highest BCUT2D eigenvalue weighted by atomic mass is 19.1. The molecular formula is C26H22F2N2O3. The zero-order valence-electron chi connectivity index (χ0n) is 17.8. The second-order valence-electron chi connectivity index (χ2n) is 7.46. The van der Waals surface area contributed by atoms with E-state index >= 15 is 0 Å². The molecule has 0 bridgehead atoms. The van der Waals surface area contributed by atoms with Gasteiger partial charge in [-0.1, -0.05) is 24.3 Å². The minimum absolute atomic E-state index is 0.122. The molecule has 7 heteroatoms. The third-order valence-electron chi connectivity index (χ3n) is 4.96. The van der Waals surface area contributed by atoms with E-state index < -0.39 is 0 Å². The number of nitrogens with zero attached hydrogens (tertiary/aromatic N) is 1. The Morgan fingerprint density at radius 1 is 0.939 bits per heavy atom. The number of oxazole rings is 1. The molecule has 0 saturated carbocycles. The molecule has 4 aromatic rings. The Hall–Kier alpha value is -4.00. The smallest absolute Gasteiger partial charge is 0.220 e. The quantitative estimate of drug-likeness (QED) is 0.370. The highest BCUT2D eigenvalue weighted by Crippen LogP contribution is 2.21. The molecule has 168 valence electrons. The van der Waals surface area contributed by atoms with Crippen LogP contribution in [0.3, 0.4) is 0 Å². The average Bonchev–Trinajstić information content (AvgIpc) is 3.30. The van der Waals surface area contributed by atoms with Crippen molar-refractivity contribution in [2.45, 2.75) is 26.0 Å². The maximum Gasteiger partial charge on any atom is 0.220 e. The summed E-state index contributed by atoms with van der Waals surface area (Å²) in [6.45, 7) is 0.660. The van der Waals surface area contributed by atoms with Gasteiger partial charge in [-0.05, 0) is 59.7 Å². The van der Waals surface area contributed by atoms with Crippen molar-refractivity contribution in [2.24, 2.45) is 0 Å². The maximum atomic E-state index is 13.2. The van der Waals surface area contributed by atoms with Crippen LogP contribution < -0.4 is 10.1 Å². The summed E-state index contributed by atoms with van der Waals surface area (Å²) in [7, 11) is 0. The van der Waals surface area contributed by atoms with E-state index in [4.69, 9.17) is 9.15 Å². The third-order valence-corrected chi connectivity index (χ3v) is 4.96. The van der Waals surface area contributed by atoms with Crippen molar-refractivity contribution < 1.29 is 22.7 Å². The lowest BCUT2D eigenvalue weighted by Crippen LogP contribution is -2.23. The number of hydrogen-bond donors (Lipinski definition) is 1. The van der Waals surface area contributed by atoms with Gasteiger partial charge in [0.2, 0.25) is 5.91 Å². The van der Waals surface area contributed by atoms with E-state index in [-0.39, 0.29) is 30.6 Å². The Morgan fingerprint density at radius 2 is 1.73 bits per heavy atom. The number of hydrogen-bond acceptors (Lipinski definition) is 4. The lowest BCUT2D eigenvalue weighted by molar-refractivity contribution is -0.121. The standard InChI is InChI=1S/C26H22F2N2O3/c27-21-8-6-20(7-9-21)24-16-30-26(33-24)13-12-25(31)29-15-18-4-10-23(11-5-18)32-17-19-2-1-3-22(28)14-19/h1-11,14,16H,12-13,15,17H2,(H,29,31). The molecule has 5 nitrogen and oxygen atoms in total. The Morgan fingerprint density at radius 3 is 2.48 bits per heavy atom. The third kappa shape index (κ3) is 6.49. The van der Waals surface area contributed by atoms with Crippen molar-refractivity contribution >= 4 is 5.91 Å². The number of aromatic nitrogens is 1. The number of halogens is 2. The van der Waals surface area contributed by atoms with Crippen LogP contribution in [-0.4, -0.2) is 10.9 Å². The summed E-state index contributed by atoms with van der Waals surface area (Å²) in [4.78, 5) is 16.4. The van der Waals surface area contributed by atoms with Crippen molar-refractivity contribution in [3.05, 3.63) is 108 Å². The molecule has 0 aliphatic carbocycles. The average molecular weight is 448 g/mol. The lowest BCUT2D eigenvalue weighted by Gasteiger charge is -2.08. The largest absolute Gasteiger partial charge is 0.489 e. The van der Waals surface area contributed by atoms with Crippen molar-refractivity contribution in [1.29, 1.82) is 0 Å². The number of carbonyl (C=O) groups is 1. The zero-order chi connectivity index (χ0) is 23.0. The first kappa shape index (κ1) is 22.2. The highest BCUT2D eigenvalue weighted by Gasteiger charge is 2.09. The van der Waals surface area contributed by atoms with Crippen molar-refractivity contribution in [3.8, 4) is 17.1 Å². The van der Waals surface area contributed by atoms with Gasteiger partial charge in [0.1, 0.15) is 24.0 Å². The number of nitrogens with one attached hydrogen (secondary N) is 1. The number of amides is 1. The fourth-order valence-corrected chi connectivity index (χ4v) is 3.18. The minimum atomic E-state index is -0.318. The van der Waals surface area contributed by atoms with Crippen LogP contribution in [0.4, 0.5) is 8.78 Å². The van der Waals surface area contributed by atoms with Crippen LogP contribution in [-0.2, 0) is 24.4 Å². The number of benzene rings is 3. The normalized spacial score (nSPS) is 10.7. The van der Waals surface area contributed by atoms with Gasteiger partial charge < -0.3 is 14.5 Å². The molecule has 1 aromatic heterocycles. The van der Waals surface area contributed by atoms with Crippen molar-refractivity contribution in [3.63, 3.8) is 0 Å². The van der Waals surface area contributed by atoms with Crippen LogP contribution in [0, 0.1) is 11.6 Å². The van der Waals surface area contributed by atoms with E-state index in [2.05, 4.69) is 10.3 Å². The summed E-state index contributed by atoms with van der Waals surface area (Å²) < 4.78 is 37.6. The van der Waals surface area contributed by atoms with Gasteiger partial charge in [0, 0.05) is 24.9 Å². The number of aryl methyl sites for hydroxylation is 1. The Balaban J connectivity index is 1.20. The monoisotopic (exact) mass is 448 g/mol. The fourth-order valence-electron chi connectivity index (χ4n) is 3.18. The lowest BCUT2D eigenvalue weighted by atomic mass is 10.2.